The van der Waals surface area contributed by atoms with Crippen molar-refractivity contribution in [2.45, 2.75) is 38.5 Å². The third kappa shape index (κ3) is 4.14. The van der Waals surface area contributed by atoms with Gasteiger partial charge in [-0.2, -0.15) is 0 Å². The lowest BCUT2D eigenvalue weighted by atomic mass is 9.94. The van der Waals surface area contributed by atoms with Gasteiger partial charge in [0.05, 0.1) is 17.9 Å². The number of aryl methyl sites for hydroxylation is 1. The van der Waals surface area contributed by atoms with Gasteiger partial charge in [-0.1, -0.05) is 28.1 Å². The first-order chi connectivity index (χ1) is 16.4. The van der Waals surface area contributed by atoms with Crippen LogP contribution in [-0.4, -0.2) is 43.9 Å². The number of benzene rings is 2. The van der Waals surface area contributed by atoms with Gasteiger partial charge in [-0.25, -0.2) is 4.98 Å². The van der Waals surface area contributed by atoms with Gasteiger partial charge in [-0.05, 0) is 54.8 Å². The van der Waals surface area contributed by atoms with Crippen molar-refractivity contribution in [1.82, 2.24) is 14.5 Å². The molecule has 3 aromatic rings. The van der Waals surface area contributed by atoms with Crippen LogP contribution >= 0.6 is 15.9 Å². The molecule has 2 aromatic carbocycles. The van der Waals surface area contributed by atoms with E-state index in [1.165, 1.54) is 0 Å². The number of aliphatic hydroxyl groups is 1. The maximum Gasteiger partial charge on any atom is 0.295 e. The number of carbonyl (C=O) groups is 2. The van der Waals surface area contributed by atoms with Gasteiger partial charge in [0, 0.05) is 41.9 Å². The van der Waals surface area contributed by atoms with E-state index >= 15 is 0 Å². The summed E-state index contributed by atoms with van der Waals surface area (Å²) in [4.78, 5) is 31.9. The summed E-state index contributed by atoms with van der Waals surface area (Å²) in [6.07, 6.45) is 6.73. The molecule has 2 aliphatic heterocycles. The first kappa shape index (κ1) is 22.4. The topological polar surface area (TPSA) is 84.7 Å². The SMILES string of the molecule is C[C@H]1Cc2cc(/C(O)=C3\C(=O)C(=O)N(CCCn4ccnc4)[C@@H]3c3ccc(Br)cc3)ccc2O1. The molecule has 1 amide bonds. The maximum atomic E-state index is 13.2. The summed E-state index contributed by atoms with van der Waals surface area (Å²) in [5, 5.41) is 11.3. The van der Waals surface area contributed by atoms with E-state index in [9.17, 15) is 14.7 Å². The zero-order chi connectivity index (χ0) is 23.8. The van der Waals surface area contributed by atoms with E-state index in [1.54, 1.807) is 23.5 Å². The number of ketones is 1. The average Bonchev–Trinajstić information content (AvgIpc) is 3.53. The Hall–Kier alpha value is -3.39. The lowest BCUT2D eigenvalue weighted by Gasteiger charge is -2.25. The number of halogens is 1. The largest absolute Gasteiger partial charge is 0.507 e. The van der Waals surface area contributed by atoms with E-state index in [1.807, 2.05) is 54.1 Å². The number of carbonyl (C=O) groups excluding carboxylic acids is 2. The number of ether oxygens (including phenoxy) is 1. The van der Waals surface area contributed by atoms with E-state index in [-0.39, 0.29) is 17.4 Å². The second kappa shape index (κ2) is 9.10. The highest BCUT2D eigenvalue weighted by Crippen LogP contribution is 2.41. The Bertz CT molecular complexity index is 1270. The molecular weight excluding hydrogens is 498 g/mol. The second-order valence-corrected chi connectivity index (χ2v) is 9.57. The molecule has 1 N–H and O–H groups in total. The predicted molar refractivity (Wildman–Crippen MR) is 130 cm³/mol. The lowest BCUT2D eigenvalue weighted by molar-refractivity contribution is -0.139. The van der Waals surface area contributed by atoms with Crippen molar-refractivity contribution < 1.29 is 19.4 Å². The van der Waals surface area contributed by atoms with Crippen LogP contribution in [0, 0.1) is 0 Å². The van der Waals surface area contributed by atoms with Crippen molar-refractivity contribution in [2.75, 3.05) is 6.54 Å². The molecule has 1 aromatic heterocycles. The molecule has 2 atom stereocenters. The molecule has 1 saturated heterocycles. The number of rotatable bonds is 6. The fraction of sp³-hybridized carbons (Fsp3) is 0.269. The van der Waals surface area contributed by atoms with Gasteiger partial charge in [-0.15, -0.1) is 0 Å². The summed E-state index contributed by atoms with van der Waals surface area (Å²) in [6, 6.07) is 12.2. The molecule has 34 heavy (non-hydrogen) atoms. The highest BCUT2D eigenvalue weighted by Gasteiger charge is 2.45. The molecule has 174 valence electrons. The number of imidazole rings is 1. The summed E-state index contributed by atoms with van der Waals surface area (Å²) in [7, 11) is 0. The van der Waals surface area contributed by atoms with Crippen LogP contribution in [0.2, 0.25) is 0 Å². The van der Waals surface area contributed by atoms with E-state index in [0.717, 1.165) is 27.8 Å². The smallest absolute Gasteiger partial charge is 0.295 e. The molecule has 7 nitrogen and oxygen atoms in total. The van der Waals surface area contributed by atoms with Gasteiger partial charge in [-0.3, -0.25) is 9.59 Å². The van der Waals surface area contributed by atoms with Crippen molar-refractivity contribution in [2.24, 2.45) is 0 Å². The highest BCUT2D eigenvalue weighted by atomic mass is 79.9. The standard InChI is InChI=1S/C26H24BrN3O4/c1-16-13-19-14-18(5-8-21(19)34-16)24(31)22-23(17-3-6-20(27)7-4-17)30(26(33)25(22)32)11-2-10-29-12-9-28-15-29/h3-9,12,14-16,23,31H,2,10-11,13H2,1H3/b24-22+/t16-,23+/m0/s1. The van der Waals surface area contributed by atoms with Crippen molar-refractivity contribution in [3.8, 4) is 5.75 Å². The molecule has 8 heteroatoms. The molecule has 0 bridgehead atoms. The number of aliphatic hydroxyl groups excluding tert-OH is 1. The zero-order valence-corrected chi connectivity index (χ0v) is 20.2. The molecule has 2 aliphatic rings. The molecule has 5 rings (SSSR count). The van der Waals surface area contributed by atoms with Crippen LogP contribution in [0.25, 0.3) is 5.76 Å². The minimum atomic E-state index is -0.668. The first-order valence-corrected chi connectivity index (χ1v) is 12.0. The normalized spacial score (nSPS) is 21.1. The minimum absolute atomic E-state index is 0.0660. The Morgan fingerprint density at radius 1 is 1.18 bits per heavy atom. The maximum absolute atomic E-state index is 13.2. The first-order valence-electron chi connectivity index (χ1n) is 11.2. The number of hydrogen-bond donors (Lipinski definition) is 1. The fourth-order valence-corrected chi connectivity index (χ4v) is 4.93. The monoisotopic (exact) mass is 521 g/mol. The van der Waals surface area contributed by atoms with Gasteiger partial charge >= 0.3 is 0 Å². The van der Waals surface area contributed by atoms with Crippen LogP contribution in [0.5, 0.6) is 5.75 Å². The van der Waals surface area contributed by atoms with Crippen LogP contribution in [0.1, 0.15) is 36.1 Å². The minimum Gasteiger partial charge on any atom is -0.507 e. The molecule has 0 radical (unpaired) electrons. The fourth-order valence-electron chi connectivity index (χ4n) is 4.67. The summed E-state index contributed by atoms with van der Waals surface area (Å²) >= 11 is 3.44. The van der Waals surface area contributed by atoms with Crippen LogP contribution in [0.3, 0.4) is 0 Å². The Morgan fingerprint density at radius 3 is 2.71 bits per heavy atom. The molecule has 0 aliphatic carbocycles. The molecule has 0 spiro atoms. The van der Waals surface area contributed by atoms with Gasteiger partial charge in [0.15, 0.2) is 0 Å². The number of aromatic nitrogens is 2. The molecule has 3 heterocycles. The van der Waals surface area contributed by atoms with Crippen LogP contribution in [-0.2, 0) is 22.6 Å². The number of amides is 1. The molecule has 1 fully saturated rings. The molecular formula is C26H24BrN3O4. The number of likely N-dealkylation sites (tertiary alicyclic amines) is 1. The highest BCUT2D eigenvalue weighted by molar-refractivity contribution is 9.10. The van der Waals surface area contributed by atoms with E-state index in [2.05, 4.69) is 20.9 Å². The van der Waals surface area contributed by atoms with Crippen LogP contribution < -0.4 is 4.74 Å². The Morgan fingerprint density at radius 2 is 1.97 bits per heavy atom. The number of Topliss-reactive ketones (excluding diaryl/α,β-unsaturated/α-hetero) is 1. The number of hydrogen-bond acceptors (Lipinski definition) is 5. The number of nitrogens with zero attached hydrogens (tertiary/aromatic N) is 3. The van der Waals surface area contributed by atoms with Gasteiger partial charge in [0.25, 0.3) is 11.7 Å². The molecule has 0 saturated carbocycles. The quantitative estimate of drug-likeness (QED) is 0.293. The van der Waals surface area contributed by atoms with E-state index < -0.39 is 17.7 Å². The van der Waals surface area contributed by atoms with Crippen molar-refractivity contribution >= 4 is 33.4 Å². The third-order valence-electron chi connectivity index (χ3n) is 6.27. The Balaban J connectivity index is 1.52. The summed E-state index contributed by atoms with van der Waals surface area (Å²) in [6.45, 7) is 3.03. The number of fused-ring (bicyclic) bond motifs is 1. The predicted octanol–water partition coefficient (Wildman–Crippen LogP) is 4.48. The summed E-state index contributed by atoms with van der Waals surface area (Å²) < 4.78 is 8.58. The van der Waals surface area contributed by atoms with Crippen molar-refractivity contribution in [3.05, 3.63) is 87.9 Å². The van der Waals surface area contributed by atoms with Crippen molar-refractivity contribution in [3.63, 3.8) is 0 Å². The summed E-state index contributed by atoms with van der Waals surface area (Å²) in [5.74, 6) is -0.643. The van der Waals surface area contributed by atoms with Crippen LogP contribution in [0.15, 0.2) is 71.2 Å². The van der Waals surface area contributed by atoms with Gasteiger partial charge in [0.2, 0.25) is 0 Å². The van der Waals surface area contributed by atoms with Gasteiger partial charge in [0.1, 0.15) is 17.6 Å². The second-order valence-electron chi connectivity index (χ2n) is 8.65. The molecule has 0 unspecified atom stereocenters. The van der Waals surface area contributed by atoms with E-state index in [0.29, 0.717) is 25.1 Å². The Labute approximate surface area is 205 Å². The van der Waals surface area contributed by atoms with E-state index in [4.69, 9.17) is 4.74 Å². The third-order valence-corrected chi connectivity index (χ3v) is 6.80. The Kier molecular flexibility index (Phi) is 6.00. The average molecular weight is 522 g/mol. The van der Waals surface area contributed by atoms with Crippen LogP contribution in [0.4, 0.5) is 0 Å². The summed E-state index contributed by atoms with van der Waals surface area (Å²) in [5.41, 5.74) is 2.37. The lowest BCUT2D eigenvalue weighted by Crippen LogP contribution is -2.31. The van der Waals surface area contributed by atoms with Crippen molar-refractivity contribution in [1.29, 1.82) is 0 Å². The zero-order valence-electron chi connectivity index (χ0n) is 18.6. The van der Waals surface area contributed by atoms with Gasteiger partial charge < -0.3 is 19.3 Å².